The van der Waals surface area contributed by atoms with Crippen LogP contribution in [0.5, 0.6) is 0 Å². The fourth-order valence-corrected chi connectivity index (χ4v) is 3.22. The normalized spacial score (nSPS) is 38.4. The van der Waals surface area contributed by atoms with Crippen molar-refractivity contribution in [3.63, 3.8) is 0 Å². The first-order valence-electron chi connectivity index (χ1n) is 6.27. The third-order valence-electron chi connectivity index (χ3n) is 4.00. The predicted molar refractivity (Wildman–Crippen MR) is 60.5 cm³/mol. The minimum atomic E-state index is 0.829. The van der Waals surface area contributed by atoms with Gasteiger partial charge in [-0.3, -0.25) is 4.90 Å². The van der Waals surface area contributed by atoms with Crippen LogP contribution in [0.3, 0.4) is 0 Å². The molecule has 3 unspecified atom stereocenters. The van der Waals surface area contributed by atoms with Crippen LogP contribution >= 0.6 is 0 Å². The van der Waals surface area contributed by atoms with Gasteiger partial charge in [0.25, 0.3) is 0 Å². The van der Waals surface area contributed by atoms with Crippen molar-refractivity contribution in [1.29, 1.82) is 0 Å². The Morgan fingerprint density at radius 1 is 1.21 bits per heavy atom. The second-order valence-corrected chi connectivity index (χ2v) is 5.05. The molecular formula is C12H24N2. The van der Waals surface area contributed by atoms with E-state index in [9.17, 15) is 0 Å². The molecule has 0 radical (unpaired) electrons. The summed E-state index contributed by atoms with van der Waals surface area (Å²) in [5.41, 5.74) is 0. The van der Waals surface area contributed by atoms with Crippen LogP contribution in [-0.4, -0.2) is 36.6 Å². The van der Waals surface area contributed by atoms with Gasteiger partial charge >= 0.3 is 0 Å². The predicted octanol–water partition coefficient (Wildman–Crippen LogP) is 1.86. The summed E-state index contributed by atoms with van der Waals surface area (Å²) in [5.74, 6) is 0.961. The lowest BCUT2D eigenvalue weighted by Gasteiger charge is -2.33. The van der Waals surface area contributed by atoms with Gasteiger partial charge in [-0.05, 0) is 44.7 Å². The first-order valence-corrected chi connectivity index (χ1v) is 6.27. The fraction of sp³-hybridized carbons (Fsp3) is 1.00. The lowest BCUT2D eigenvalue weighted by Crippen LogP contribution is -2.43. The van der Waals surface area contributed by atoms with Gasteiger partial charge in [-0.15, -0.1) is 0 Å². The smallest absolute Gasteiger partial charge is 0.0235 e. The van der Waals surface area contributed by atoms with Gasteiger partial charge in [0.05, 0.1) is 0 Å². The average molecular weight is 196 g/mol. The number of likely N-dealkylation sites (N-methyl/N-ethyl adjacent to an activating group) is 1. The van der Waals surface area contributed by atoms with Crippen LogP contribution in [0.4, 0.5) is 0 Å². The quantitative estimate of drug-likeness (QED) is 0.741. The standard InChI is InChI=1S/C12H24N2/c1-3-14(12-6-7-13-9-12)11-5-4-10(2)8-11/h10-13H,3-9H2,1-2H3. The van der Waals surface area contributed by atoms with Crippen molar-refractivity contribution in [1.82, 2.24) is 10.2 Å². The lowest BCUT2D eigenvalue weighted by atomic mass is 10.1. The van der Waals surface area contributed by atoms with Crippen LogP contribution in [0.25, 0.3) is 0 Å². The minimum Gasteiger partial charge on any atom is -0.315 e. The number of rotatable bonds is 3. The first-order chi connectivity index (χ1) is 6.81. The van der Waals surface area contributed by atoms with Gasteiger partial charge in [0.1, 0.15) is 0 Å². The van der Waals surface area contributed by atoms with E-state index in [0.29, 0.717) is 0 Å². The van der Waals surface area contributed by atoms with Crippen LogP contribution in [0, 0.1) is 5.92 Å². The van der Waals surface area contributed by atoms with Gasteiger partial charge in [-0.25, -0.2) is 0 Å². The van der Waals surface area contributed by atoms with Crippen molar-refractivity contribution in [2.45, 2.75) is 51.6 Å². The topological polar surface area (TPSA) is 15.3 Å². The van der Waals surface area contributed by atoms with Gasteiger partial charge in [0.2, 0.25) is 0 Å². The van der Waals surface area contributed by atoms with Crippen LogP contribution in [-0.2, 0) is 0 Å². The Balaban J connectivity index is 1.91. The molecule has 2 nitrogen and oxygen atoms in total. The highest BCUT2D eigenvalue weighted by Gasteiger charge is 2.31. The van der Waals surface area contributed by atoms with E-state index < -0.39 is 0 Å². The number of hydrogen-bond donors (Lipinski definition) is 1. The maximum Gasteiger partial charge on any atom is 0.0235 e. The summed E-state index contributed by atoms with van der Waals surface area (Å²) < 4.78 is 0. The van der Waals surface area contributed by atoms with E-state index in [-0.39, 0.29) is 0 Å². The third kappa shape index (κ3) is 2.12. The van der Waals surface area contributed by atoms with Gasteiger partial charge in [-0.1, -0.05) is 13.8 Å². The zero-order chi connectivity index (χ0) is 9.97. The summed E-state index contributed by atoms with van der Waals surface area (Å²) in [6.07, 6.45) is 5.68. The Morgan fingerprint density at radius 2 is 2.07 bits per heavy atom. The zero-order valence-electron chi connectivity index (χ0n) is 9.63. The monoisotopic (exact) mass is 196 g/mol. The van der Waals surface area contributed by atoms with Gasteiger partial charge in [0.15, 0.2) is 0 Å². The minimum absolute atomic E-state index is 0.829. The molecule has 1 aliphatic heterocycles. The highest BCUT2D eigenvalue weighted by atomic mass is 15.2. The summed E-state index contributed by atoms with van der Waals surface area (Å²) in [4.78, 5) is 2.75. The van der Waals surface area contributed by atoms with E-state index >= 15 is 0 Å². The molecule has 1 heterocycles. The van der Waals surface area contributed by atoms with Crippen LogP contribution < -0.4 is 5.32 Å². The summed E-state index contributed by atoms with van der Waals surface area (Å²) in [6, 6.07) is 1.72. The summed E-state index contributed by atoms with van der Waals surface area (Å²) in [7, 11) is 0. The van der Waals surface area contributed by atoms with E-state index in [1.54, 1.807) is 0 Å². The highest BCUT2D eigenvalue weighted by molar-refractivity contribution is 4.88. The number of hydrogen-bond acceptors (Lipinski definition) is 2. The molecule has 0 spiro atoms. The Morgan fingerprint density at radius 3 is 2.57 bits per heavy atom. The molecular weight excluding hydrogens is 172 g/mol. The van der Waals surface area contributed by atoms with E-state index in [2.05, 4.69) is 24.1 Å². The maximum absolute atomic E-state index is 3.48. The number of nitrogens with zero attached hydrogens (tertiary/aromatic N) is 1. The zero-order valence-corrected chi connectivity index (χ0v) is 9.63. The largest absolute Gasteiger partial charge is 0.315 e. The molecule has 0 aromatic rings. The van der Waals surface area contributed by atoms with Gasteiger partial charge in [-0.2, -0.15) is 0 Å². The fourth-order valence-electron chi connectivity index (χ4n) is 3.22. The summed E-state index contributed by atoms with van der Waals surface area (Å²) in [6.45, 7) is 8.41. The van der Waals surface area contributed by atoms with Crippen molar-refractivity contribution in [3.8, 4) is 0 Å². The SMILES string of the molecule is CCN(C1CCNC1)C1CCC(C)C1. The molecule has 0 aromatic heterocycles. The van der Waals surface area contributed by atoms with Crippen molar-refractivity contribution in [3.05, 3.63) is 0 Å². The first kappa shape index (κ1) is 10.4. The molecule has 0 amide bonds. The molecule has 1 N–H and O–H groups in total. The third-order valence-corrected chi connectivity index (χ3v) is 4.00. The second kappa shape index (κ2) is 4.63. The maximum atomic E-state index is 3.48. The van der Waals surface area contributed by atoms with E-state index in [1.807, 2.05) is 0 Å². The molecule has 1 aliphatic carbocycles. The van der Waals surface area contributed by atoms with Crippen molar-refractivity contribution in [2.24, 2.45) is 5.92 Å². The van der Waals surface area contributed by atoms with Crippen LogP contribution in [0.15, 0.2) is 0 Å². The average Bonchev–Trinajstić information content (AvgIpc) is 2.79. The molecule has 0 aromatic carbocycles. The molecule has 82 valence electrons. The molecule has 0 bridgehead atoms. The van der Waals surface area contributed by atoms with Crippen molar-refractivity contribution < 1.29 is 0 Å². The Hall–Kier alpha value is -0.0800. The Bertz CT molecular complexity index is 175. The molecule has 3 atom stereocenters. The Labute approximate surface area is 88.1 Å². The molecule has 2 heteroatoms. The van der Waals surface area contributed by atoms with E-state index in [4.69, 9.17) is 0 Å². The van der Waals surface area contributed by atoms with Crippen LogP contribution in [0.2, 0.25) is 0 Å². The Kier molecular flexibility index (Phi) is 3.45. The molecule has 2 aliphatic rings. The molecule has 2 rings (SSSR count). The molecule has 2 fully saturated rings. The van der Waals surface area contributed by atoms with Crippen molar-refractivity contribution >= 4 is 0 Å². The van der Waals surface area contributed by atoms with E-state index in [1.165, 1.54) is 45.3 Å². The molecule has 1 saturated heterocycles. The van der Waals surface area contributed by atoms with Gasteiger partial charge in [0, 0.05) is 18.6 Å². The summed E-state index contributed by atoms with van der Waals surface area (Å²) in [5, 5.41) is 3.48. The van der Waals surface area contributed by atoms with Gasteiger partial charge < -0.3 is 5.32 Å². The van der Waals surface area contributed by atoms with E-state index in [0.717, 1.165) is 18.0 Å². The lowest BCUT2D eigenvalue weighted by molar-refractivity contribution is 0.151. The highest BCUT2D eigenvalue weighted by Crippen LogP contribution is 2.30. The number of nitrogens with one attached hydrogen (secondary N) is 1. The molecule has 1 saturated carbocycles. The second-order valence-electron chi connectivity index (χ2n) is 5.05. The van der Waals surface area contributed by atoms with Crippen molar-refractivity contribution in [2.75, 3.05) is 19.6 Å². The summed E-state index contributed by atoms with van der Waals surface area (Å²) >= 11 is 0. The van der Waals surface area contributed by atoms with Crippen LogP contribution in [0.1, 0.15) is 39.5 Å². The molecule has 14 heavy (non-hydrogen) atoms.